The molecule has 1 saturated carbocycles. The highest BCUT2D eigenvalue weighted by molar-refractivity contribution is 5.77. The van der Waals surface area contributed by atoms with Crippen LogP contribution in [0.15, 0.2) is 12.1 Å². The van der Waals surface area contributed by atoms with Crippen molar-refractivity contribution in [3.8, 4) is 17.5 Å². The van der Waals surface area contributed by atoms with E-state index in [-0.39, 0.29) is 23.9 Å². The van der Waals surface area contributed by atoms with Gasteiger partial charge < -0.3 is 14.2 Å². The SMILES string of the molecule is CC(C)COc1ccc(OC(C)C)c(OC(=O)C2CC2)n1. The first-order chi connectivity index (χ1) is 9.95. The molecule has 0 saturated heterocycles. The van der Waals surface area contributed by atoms with Crippen LogP contribution in [-0.2, 0) is 4.79 Å². The molecule has 1 aromatic heterocycles. The lowest BCUT2D eigenvalue weighted by Gasteiger charge is -2.15. The zero-order valence-electron chi connectivity index (χ0n) is 13.1. The Hall–Kier alpha value is -1.78. The first-order valence-electron chi connectivity index (χ1n) is 7.48. The number of esters is 1. The van der Waals surface area contributed by atoms with Gasteiger partial charge in [0.15, 0.2) is 5.75 Å². The second-order valence-corrected chi connectivity index (χ2v) is 6.02. The summed E-state index contributed by atoms with van der Waals surface area (Å²) >= 11 is 0. The first-order valence-corrected chi connectivity index (χ1v) is 7.48. The van der Waals surface area contributed by atoms with E-state index in [1.807, 2.05) is 13.8 Å². The molecule has 0 atom stereocenters. The predicted octanol–water partition coefficient (Wildman–Crippen LogP) is 3.22. The molecule has 21 heavy (non-hydrogen) atoms. The predicted molar refractivity (Wildman–Crippen MR) is 78.7 cm³/mol. The van der Waals surface area contributed by atoms with E-state index in [9.17, 15) is 4.79 Å². The van der Waals surface area contributed by atoms with Gasteiger partial charge in [-0.1, -0.05) is 13.8 Å². The van der Waals surface area contributed by atoms with E-state index >= 15 is 0 Å². The molecule has 5 nitrogen and oxygen atoms in total. The number of aromatic nitrogens is 1. The molecule has 0 spiro atoms. The summed E-state index contributed by atoms with van der Waals surface area (Å²) in [6, 6.07) is 3.47. The molecule has 2 rings (SSSR count). The Labute approximate surface area is 125 Å². The molecule has 0 N–H and O–H groups in total. The van der Waals surface area contributed by atoms with Gasteiger partial charge in [-0.05, 0) is 38.7 Å². The number of hydrogen-bond acceptors (Lipinski definition) is 5. The number of rotatable bonds is 7. The molecule has 5 heteroatoms. The van der Waals surface area contributed by atoms with E-state index in [4.69, 9.17) is 14.2 Å². The zero-order chi connectivity index (χ0) is 15.4. The van der Waals surface area contributed by atoms with Crippen molar-refractivity contribution in [2.75, 3.05) is 6.61 Å². The molecule has 1 aromatic rings. The van der Waals surface area contributed by atoms with Gasteiger partial charge in [-0.2, -0.15) is 4.98 Å². The third kappa shape index (κ3) is 4.92. The van der Waals surface area contributed by atoms with Gasteiger partial charge in [-0.3, -0.25) is 4.79 Å². The molecule has 1 aliphatic rings. The lowest BCUT2D eigenvalue weighted by Crippen LogP contribution is -2.14. The number of ether oxygens (including phenoxy) is 3. The number of nitrogens with zero attached hydrogens (tertiary/aromatic N) is 1. The molecule has 0 amide bonds. The highest BCUT2D eigenvalue weighted by atomic mass is 16.6. The summed E-state index contributed by atoms with van der Waals surface area (Å²) in [5, 5.41) is 0. The van der Waals surface area contributed by atoms with Crippen molar-refractivity contribution in [1.29, 1.82) is 0 Å². The number of carbonyl (C=O) groups is 1. The maximum Gasteiger partial charge on any atom is 0.315 e. The van der Waals surface area contributed by atoms with E-state index in [0.717, 1.165) is 12.8 Å². The summed E-state index contributed by atoms with van der Waals surface area (Å²) in [5.74, 6) is 1.28. The normalized spacial score (nSPS) is 14.4. The van der Waals surface area contributed by atoms with Crippen LogP contribution in [0.2, 0.25) is 0 Å². The lowest BCUT2D eigenvalue weighted by atomic mass is 10.2. The molecule has 0 aromatic carbocycles. The summed E-state index contributed by atoms with van der Waals surface area (Å²) in [6.07, 6.45) is 1.76. The van der Waals surface area contributed by atoms with Gasteiger partial charge in [0.25, 0.3) is 5.88 Å². The van der Waals surface area contributed by atoms with E-state index < -0.39 is 0 Å². The smallest absolute Gasteiger partial charge is 0.315 e. The average molecular weight is 293 g/mol. The third-order valence-corrected chi connectivity index (χ3v) is 2.83. The Kier molecular flexibility index (Phi) is 5.04. The Bertz CT molecular complexity index is 495. The molecular formula is C16H23NO4. The van der Waals surface area contributed by atoms with E-state index in [1.165, 1.54) is 0 Å². The van der Waals surface area contributed by atoms with Crippen molar-refractivity contribution in [2.45, 2.75) is 46.6 Å². The molecular weight excluding hydrogens is 270 g/mol. The third-order valence-electron chi connectivity index (χ3n) is 2.83. The van der Waals surface area contributed by atoms with Crippen molar-refractivity contribution in [3.63, 3.8) is 0 Å². The van der Waals surface area contributed by atoms with E-state index in [2.05, 4.69) is 18.8 Å². The molecule has 1 aliphatic carbocycles. The van der Waals surface area contributed by atoms with Crippen LogP contribution in [0.1, 0.15) is 40.5 Å². The highest BCUT2D eigenvalue weighted by Gasteiger charge is 2.32. The Morgan fingerprint density at radius 3 is 2.57 bits per heavy atom. The van der Waals surface area contributed by atoms with Crippen LogP contribution in [0.25, 0.3) is 0 Å². The minimum atomic E-state index is -0.239. The van der Waals surface area contributed by atoms with Gasteiger partial charge in [0.05, 0.1) is 18.6 Å². The summed E-state index contributed by atoms with van der Waals surface area (Å²) < 4.78 is 16.6. The Morgan fingerprint density at radius 2 is 2.00 bits per heavy atom. The molecule has 1 fully saturated rings. The van der Waals surface area contributed by atoms with Crippen LogP contribution in [0, 0.1) is 11.8 Å². The largest absolute Gasteiger partial charge is 0.485 e. The van der Waals surface area contributed by atoms with Crippen molar-refractivity contribution in [3.05, 3.63) is 12.1 Å². The summed E-state index contributed by atoms with van der Waals surface area (Å²) in [7, 11) is 0. The maximum absolute atomic E-state index is 11.8. The van der Waals surface area contributed by atoms with Gasteiger partial charge in [-0.15, -0.1) is 0 Å². The summed E-state index contributed by atoms with van der Waals surface area (Å²) in [6.45, 7) is 8.51. The van der Waals surface area contributed by atoms with Gasteiger partial charge in [0.2, 0.25) is 5.88 Å². The van der Waals surface area contributed by atoms with Crippen molar-refractivity contribution in [2.24, 2.45) is 11.8 Å². The second kappa shape index (κ2) is 6.78. The quantitative estimate of drug-likeness (QED) is 0.722. The molecule has 1 heterocycles. The second-order valence-electron chi connectivity index (χ2n) is 6.02. The average Bonchev–Trinajstić information content (AvgIpc) is 3.22. The van der Waals surface area contributed by atoms with Gasteiger partial charge in [0, 0.05) is 6.07 Å². The molecule has 0 radical (unpaired) electrons. The fourth-order valence-electron chi connectivity index (χ4n) is 1.66. The van der Waals surface area contributed by atoms with E-state index in [0.29, 0.717) is 24.2 Å². The van der Waals surface area contributed by atoms with Crippen molar-refractivity contribution >= 4 is 5.97 Å². The van der Waals surface area contributed by atoms with Crippen LogP contribution in [-0.4, -0.2) is 23.7 Å². The zero-order valence-corrected chi connectivity index (χ0v) is 13.1. The Morgan fingerprint density at radius 1 is 1.29 bits per heavy atom. The molecule has 116 valence electrons. The van der Waals surface area contributed by atoms with Gasteiger partial charge >= 0.3 is 5.97 Å². The number of hydrogen-bond donors (Lipinski definition) is 0. The van der Waals surface area contributed by atoms with E-state index in [1.54, 1.807) is 12.1 Å². The fraction of sp³-hybridized carbons (Fsp3) is 0.625. The van der Waals surface area contributed by atoms with Crippen molar-refractivity contribution < 1.29 is 19.0 Å². The standard InChI is InChI=1S/C16H23NO4/c1-10(2)9-19-14-8-7-13(20-11(3)4)15(17-14)21-16(18)12-5-6-12/h7-8,10-12H,5-6,9H2,1-4H3. The van der Waals surface area contributed by atoms with Crippen LogP contribution < -0.4 is 14.2 Å². The minimum Gasteiger partial charge on any atom is -0.485 e. The molecule has 0 bridgehead atoms. The summed E-state index contributed by atoms with van der Waals surface area (Å²) in [4.78, 5) is 16.1. The van der Waals surface area contributed by atoms with Crippen molar-refractivity contribution in [1.82, 2.24) is 4.98 Å². The van der Waals surface area contributed by atoms with Crippen LogP contribution in [0.5, 0.6) is 17.5 Å². The molecule has 0 aliphatic heterocycles. The lowest BCUT2D eigenvalue weighted by molar-refractivity contribution is -0.136. The number of pyridine rings is 1. The van der Waals surface area contributed by atoms with Gasteiger partial charge in [-0.25, -0.2) is 0 Å². The minimum absolute atomic E-state index is 0.0129. The topological polar surface area (TPSA) is 57.7 Å². The fourth-order valence-corrected chi connectivity index (χ4v) is 1.66. The monoisotopic (exact) mass is 293 g/mol. The van der Waals surface area contributed by atoms with Crippen LogP contribution in [0.3, 0.4) is 0 Å². The first kappa shape index (κ1) is 15.6. The van der Waals surface area contributed by atoms with Crippen LogP contribution >= 0.6 is 0 Å². The Balaban J connectivity index is 2.13. The van der Waals surface area contributed by atoms with Gasteiger partial charge in [0.1, 0.15) is 0 Å². The number of carbonyl (C=O) groups excluding carboxylic acids is 1. The maximum atomic E-state index is 11.8. The highest BCUT2D eigenvalue weighted by Crippen LogP contribution is 2.34. The summed E-state index contributed by atoms with van der Waals surface area (Å²) in [5.41, 5.74) is 0. The van der Waals surface area contributed by atoms with Crippen LogP contribution in [0.4, 0.5) is 0 Å². The molecule has 0 unspecified atom stereocenters.